The second-order valence-corrected chi connectivity index (χ2v) is 6.56. The fourth-order valence-electron chi connectivity index (χ4n) is 3.47. The Bertz CT molecular complexity index is 729. The number of nitrogens with zero attached hydrogens (tertiary/aromatic N) is 7. The maximum atomic E-state index is 12.4. The molecule has 2 aliphatic heterocycles. The van der Waals surface area contributed by atoms with Gasteiger partial charge in [-0.15, -0.1) is 15.3 Å². The summed E-state index contributed by atoms with van der Waals surface area (Å²) in [4.78, 5) is 18.9. The molecule has 2 aliphatic rings. The van der Waals surface area contributed by atoms with Gasteiger partial charge >= 0.3 is 0 Å². The summed E-state index contributed by atoms with van der Waals surface area (Å²) in [6.45, 7) is 7.73. The first-order valence-corrected chi connectivity index (χ1v) is 8.65. The predicted molar refractivity (Wildman–Crippen MR) is 90.0 cm³/mol. The number of likely N-dealkylation sites (tertiary alicyclic amines) is 1. The Morgan fingerprint density at radius 1 is 1.04 bits per heavy atom. The molecule has 24 heavy (non-hydrogen) atoms. The van der Waals surface area contributed by atoms with Gasteiger partial charge in [-0.1, -0.05) is 0 Å². The molecule has 0 atom stereocenters. The Labute approximate surface area is 141 Å². The van der Waals surface area contributed by atoms with Crippen molar-refractivity contribution in [2.45, 2.75) is 19.8 Å². The van der Waals surface area contributed by atoms with E-state index in [0.29, 0.717) is 6.54 Å². The fourth-order valence-corrected chi connectivity index (χ4v) is 3.47. The third-order valence-corrected chi connectivity index (χ3v) is 4.92. The summed E-state index contributed by atoms with van der Waals surface area (Å²) in [6.07, 6.45) is 2.44. The van der Waals surface area contributed by atoms with Gasteiger partial charge in [0.2, 0.25) is 5.91 Å². The third-order valence-electron chi connectivity index (χ3n) is 4.92. The van der Waals surface area contributed by atoms with Crippen LogP contribution in [0.3, 0.4) is 0 Å². The highest BCUT2D eigenvalue weighted by atomic mass is 16.2. The Hall–Kier alpha value is -2.22. The van der Waals surface area contributed by atoms with Crippen molar-refractivity contribution in [3.63, 3.8) is 0 Å². The number of hydrogen-bond donors (Lipinski definition) is 0. The van der Waals surface area contributed by atoms with Gasteiger partial charge in [0.1, 0.15) is 5.82 Å². The number of aryl methyl sites for hydroxylation is 1. The van der Waals surface area contributed by atoms with Crippen LogP contribution in [0.1, 0.15) is 18.7 Å². The summed E-state index contributed by atoms with van der Waals surface area (Å²) in [5.74, 6) is 1.96. The zero-order valence-corrected chi connectivity index (χ0v) is 14.1. The molecular weight excluding hydrogens is 306 g/mol. The maximum absolute atomic E-state index is 12.4. The summed E-state index contributed by atoms with van der Waals surface area (Å²) < 4.78 is 1.76. The number of piperazine rings is 1. The van der Waals surface area contributed by atoms with Crippen LogP contribution < -0.4 is 4.90 Å². The summed E-state index contributed by atoms with van der Waals surface area (Å²) >= 11 is 0. The van der Waals surface area contributed by atoms with Crippen molar-refractivity contribution in [2.75, 3.05) is 50.7 Å². The van der Waals surface area contributed by atoms with Crippen LogP contribution in [0.4, 0.5) is 5.82 Å². The molecule has 0 N–H and O–H groups in total. The van der Waals surface area contributed by atoms with Gasteiger partial charge in [-0.25, -0.2) is 0 Å². The zero-order valence-electron chi connectivity index (χ0n) is 14.1. The molecule has 8 heteroatoms. The minimum atomic E-state index is 0.259. The summed E-state index contributed by atoms with van der Waals surface area (Å²) in [6, 6.07) is 3.92. The van der Waals surface area contributed by atoms with E-state index in [1.165, 1.54) is 12.8 Å². The zero-order chi connectivity index (χ0) is 16.5. The van der Waals surface area contributed by atoms with E-state index in [4.69, 9.17) is 0 Å². The molecule has 0 unspecified atom stereocenters. The van der Waals surface area contributed by atoms with Crippen molar-refractivity contribution in [3.05, 3.63) is 18.0 Å². The lowest BCUT2D eigenvalue weighted by atomic mass is 10.3. The number of rotatable bonds is 3. The minimum absolute atomic E-state index is 0.259. The monoisotopic (exact) mass is 329 g/mol. The fraction of sp³-hybridized carbons (Fsp3) is 0.625. The van der Waals surface area contributed by atoms with Crippen molar-refractivity contribution in [1.29, 1.82) is 0 Å². The Morgan fingerprint density at radius 2 is 1.79 bits per heavy atom. The predicted octanol–water partition coefficient (Wildman–Crippen LogP) is 0.177. The second kappa shape index (κ2) is 6.35. The molecule has 128 valence electrons. The molecule has 0 radical (unpaired) electrons. The van der Waals surface area contributed by atoms with Gasteiger partial charge in [0.05, 0.1) is 6.54 Å². The molecule has 2 saturated heterocycles. The average Bonchev–Trinajstić information content (AvgIpc) is 3.25. The number of carbonyl (C=O) groups is 1. The maximum Gasteiger partial charge on any atom is 0.236 e. The number of anilines is 1. The van der Waals surface area contributed by atoms with Crippen LogP contribution in [0.2, 0.25) is 0 Å². The van der Waals surface area contributed by atoms with Crippen molar-refractivity contribution < 1.29 is 4.79 Å². The molecule has 0 bridgehead atoms. The largest absolute Gasteiger partial charge is 0.352 e. The second-order valence-electron chi connectivity index (χ2n) is 6.56. The van der Waals surface area contributed by atoms with Crippen molar-refractivity contribution in [2.24, 2.45) is 0 Å². The molecule has 2 aromatic rings. The van der Waals surface area contributed by atoms with Crippen LogP contribution in [0.15, 0.2) is 12.1 Å². The molecule has 0 aliphatic carbocycles. The van der Waals surface area contributed by atoms with Crippen LogP contribution in [0.5, 0.6) is 0 Å². The van der Waals surface area contributed by atoms with Crippen LogP contribution in [0, 0.1) is 6.92 Å². The Morgan fingerprint density at radius 3 is 2.54 bits per heavy atom. The molecule has 0 saturated carbocycles. The molecular formula is C16H23N7O. The van der Waals surface area contributed by atoms with Gasteiger partial charge in [0, 0.05) is 26.2 Å². The van der Waals surface area contributed by atoms with Crippen LogP contribution in [-0.4, -0.2) is 81.3 Å². The molecule has 4 rings (SSSR count). The highest BCUT2D eigenvalue weighted by Crippen LogP contribution is 2.15. The number of aromatic nitrogens is 4. The normalized spacial score (nSPS) is 19.4. The first-order valence-electron chi connectivity index (χ1n) is 8.65. The topological polar surface area (TPSA) is 69.9 Å². The van der Waals surface area contributed by atoms with E-state index in [0.717, 1.165) is 56.6 Å². The molecule has 2 fully saturated rings. The van der Waals surface area contributed by atoms with E-state index >= 15 is 0 Å². The SMILES string of the molecule is Cc1nnc2ccc(N3CCN(C(=O)CN4CCCC4)CC3)nn12. The average molecular weight is 329 g/mol. The molecule has 0 aromatic carbocycles. The first-order chi connectivity index (χ1) is 11.7. The summed E-state index contributed by atoms with van der Waals surface area (Å²) in [7, 11) is 0. The van der Waals surface area contributed by atoms with E-state index in [2.05, 4.69) is 25.1 Å². The number of fused-ring (bicyclic) bond motifs is 1. The van der Waals surface area contributed by atoms with Gasteiger partial charge in [0.15, 0.2) is 11.5 Å². The van der Waals surface area contributed by atoms with Gasteiger partial charge in [-0.3, -0.25) is 9.69 Å². The lowest BCUT2D eigenvalue weighted by Crippen LogP contribution is -2.51. The van der Waals surface area contributed by atoms with Gasteiger partial charge < -0.3 is 9.80 Å². The third kappa shape index (κ3) is 2.93. The lowest BCUT2D eigenvalue weighted by Gasteiger charge is -2.36. The minimum Gasteiger partial charge on any atom is -0.352 e. The lowest BCUT2D eigenvalue weighted by molar-refractivity contribution is -0.132. The highest BCUT2D eigenvalue weighted by molar-refractivity contribution is 5.78. The molecule has 0 spiro atoms. The smallest absolute Gasteiger partial charge is 0.236 e. The van der Waals surface area contributed by atoms with Crippen molar-refractivity contribution in [1.82, 2.24) is 29.6 Å². The quantitative estimate of drug-likeness (QED) is 0.800. The highest BCUT2D eigenvalue weighted by Gasteiger charge is 2.24. The van der Waals surface area contributed by atoms with E-state index in [1.54, 1.807) is 4.52 Å². The molecule has 1 amide bonds. The van der Waals surface area contributed by atoms with Crippen LogP contribution in [0.25, 0.3) is 5.65 Å². The van der Waals surface area contributed by atoms with E-state index in [1.807, 2.05) is 24.0 Å². The van der Waals surface area contributed by atoms with Gasteiger partial charge in [0.25, 0.3) is 0 Å². The van der Waals surface area contributed by atoms with Crippen LogP contribution >= 0.6 is 0 Å². The Balaban J connectivity index is 1.37. The first kappa shape index (κ1) is 15.3. The van der Waals surface area contributed by atoms with Gasteiger partial charge in [-0.2, -0.15) is 4.52 Å². The van der Waals surface area contributed by atoms with E-state index in [-0.39, 0.29) is 5.91 Å². The molecule has 4 heterocycles. The molecule has 8 nitrogen and oxygen atoms in total. The Kier molecular flexibility index (Phi) is 4.05. The van der Waals surface area contributed by atoms with Crippen molar-refractivity contribution in [3.8, 4) is 0 Å². The van der Waals surface area contributed by atoms with E-state index < -0.39 is 0 Å². The standard InChI is InChI=1S/C16H23N7O/c1-13-17-18-14-4-5-15(19-23(13)14)21-8-10-22(11-9-21)16(24)12-20-6-2-3-7-20/h4-5H,2-3,6-12H2,1H3. The number of hydrogen-bond acceptors (Lipinski definition) is 6. The summed E-state index contributed by atoms with van der Waals surface area (Å²) in [5, 5.41) is 12.7. The van der Waals surface area contributed by atoms with Crippen LogP contribution in [-0.2, 0) is 4.79 Å². The van der Waals surface area contributed by atoms with Gasteiger partial charge in [-0.05, 0) is 45.0 Å². The number of amides is 1. The summed E-state index contributed by atoms with van der Waals surface area (Å²) in [5.41, 5.74) is 0.760. The van der Waals surface area contributed by atoms with Crippen molar-refractivity contribution >= 4 is 17.4 Å². The molecule has 2 aromatic heterocycles. The van der Waals surface area contributed by atoms with E-state index in [9.17, 15) is 4.79 Å². The number of carbonyl (C=O) groups excluding carboxylic acids is 1.